The summed E-state index contributed by atoms with van der Waals surface area (Å²) in [5.74, 6) is 0.836. The molecule has 3 heteroatoms. The van der Waals surface area contributed by atoms with Crippen LogP contribution in [0.15, 0.2) is 60.7 Å². The average molecular weight is 283 g/mol. The minimum Gasteiger partial charge on any atom is -0.497 e. The van der Waals surface area contributed by atoms with Crippen molar-refractivity contribution in [3.8, 4) is 5.75 Å². The highest BCUT2D eigenvalue weighted by molar-refractivity contribution is 5.53. The molecule has 0 aliphatic rings. The number of benzene rings is 2. The van der Waals surface area contributed by atoms with Gasteiger partial charge in [0.15, 0.2) is 0 Å². The Morgan fingerprint density at radius 1 is 1.05 bits per heavy atom. The molecule has 2 aromatic rings. The predicted octanol–water partition coefficient (Wildman–Crippen LogP) is 3.21. The van der Waals surface area contributed by atoms with Crippen LogP contribution in [0.2, 0.25) is 0 Å². The van der Waals surface area contributed by atoms with Crippen LogP contribution in [0.25, 0.3) is 6.08 Å². The summed E-state index contributed by atoms with van der Waals surface area (Å²) in [5.41, 5.74) is 2.25. The van der Waals surface area contributed by atoms with Gasteiger partial charge < -0.3 is 14.7 Å². The van der Waals surface area contributed by atoms with Crippen LogP contribution in [-0.4, -0.2) is 31.9 Å². The van der Waals surface area contributed by atoms with Gasteiger partial charge in [0.25, 0.3) is 0 Å². The van der Waals surface area contributed by atoms with Gasteiger partial charge in [0, 0.05) is 18.8 Å². The number of ether oxygens (including phenoxy) is 1. The molecule has 0 saturated carbocycles. The quantitative estimate of drug-likeness (QED) is 0.847. The van der Waals surface area contributed by atoms with Gasteiger partial charge in [-0.2, -0.15) is 0 Å². The first-order chi connectivity index (χ1) is 10.3. The number of nitrogens with zero attached hydrogens (tertiary/aromatic N) is 1. The summed E-state index contributed by atoms with van der Waals surface area (Å²) in [6.07, 6.45) is 4.20. The van der Waals surface area contributed by atoms with Crippen molar-refractivity contribution in [2.45, 2.75) is 0 Å². The van der Waals surface area contributed by atoms with E-state index in [1.165, 1.54) is 5.56 Å². The molecule has 0 saturated heterocycles. The van der Waals surface area contributed by atoms with Crippen LogP contribution in [-0.2, 0) is 0 Å². The highest BCUT2D eigenvalue weighted by Gasteiger charge is 2.04. The number of hydrogen-bond donors (Lipinski definition) is 1. The van der Waals surface area contributed by atoms with E-state index in [4.69, 9.17) is 4.74 Å². The van der Waals surface area contributed by atoms with E-state index in [9.17, 15) is 5.11 Å². The van der Waals surface area contributed by atoms with Crippen LogP contribution < -0.4 is 9.64 Å². The number of methoxy groups -OCH3 is 1. The average Bonchev–Trinajstić information content (AvgIpc) is 2.55. The van der Waals surface area contributed by atoms with Crippen LogP contribution >= 0.6 is 0 Å². The molecule has 0 aliphatic carbocycles. The van der Waals surface area contributed by atoms with Crippen molar-refractivity contribution in [1.82, 2.24) is 0 Å². The molecular formula is C18H21NO2. The maximum absolute atomic E-state index is 9.22. The standard InChI is InChI=1S/C18H21NO2/c1-21-18-11-9-17(10-12-18)19(14-15-20)13-5-8-16-6-3-2-4-7-16/h2-12,20H,13-15H2,1H3/b8-5+. The van der Waals surface area contributed by atoms with E-state index in [1.807, 2.05) is 42.5 Å². The molecule has 0 unspecified atom stereocenters. The topological polar surface area (TPSA) is 32.7 Å². The van der Waals surface area contributed by atoms with Crippen molar-refractivity contribution < 1.29 is 9.84 Å². The zero-order valence-electron chi connectivity index (χ0n) is 12.3. The fourth-order valence-electron chi connectivity index (χ4n) is 2.12. The third kappa shape index (κ3) is 4.65. The Kier molecular flexibility index (Phi) is 5.85. The summed E-state index contributed by atoms with van der Waals surface area (Å²) in [5, 5.41) is 9.22. The van der Waals surface area contributed by atoms with Gasteiger partial charge in [-0.25, -0.2) is 0 Å². The van der Waals surface area contributed by atoms with E-state index < -0.39 is 0 Å². The normalized spacial score (nSPS) is 10.8. The summed E-state index contributed by atoms with van der Waals surface area (Å²) in [6.45, 7) is 1.48. The largest absolute Gasteiger partial charge is 0.497 e. The number of rotatable bonds is 7. The lowest BCUT2D eigenvalue weighted by molar-refractivity contribution is 0.303. The molecule has 0 atom stereocenters. The Labute approximate surface area is 126 Å². The molecule has 110 valence electrons. The molecule has 21 heavy (non-hydrogen) atoms. The molecular weight excluding hydrogens is 262 g/mol. The van der Waals surface area contributed by atoms with E-state index in [-0.39, 0.29) is 6.61 Å². The zero-order valence-corrected chi connectivity index (χ0v) is 12.3. The number of anilines is 1. The second-order valence-electron chi connectivity index (χ2n) is 4.68. The highest BCUT2D eigenvalue weighted by Crippen LogP contribution is 2.19. The van der Waals surface area contributed by atoms with E-state index in [0.717, 1.165) is 18.0 Å². The predicted molar refractivity (Wildman–Crippen MR) is 87.8 cm³/mol. The van der Waals surface area contributed by atoms with Crippen molar-refractivity contribution >= 4 is 11.8 Å². The molecule has 3 nitrogen and oxygen atoms in total. The number of aliphatic hydroxyl groups excluding tert-OH is 1. The third-order valence-corrected chi connectivity index (χ3v) is 3.24. The second kappa shape index (κ2) is 8.12. The Hall–Kier alpha value is -2.26. The maximum Gasteiger partial charge on any atom is 0.119 e. The van der Waals surface area contributed by atoms with Crippen LogP contribution in [0.3, 0.4) is 0 Å². The van der Waals surface area contributed by atoms with Gasteiger partial charge in [-0.15, -0.1) is 0 Å². The van der Waals surface area contributed by atoms with Gasteiger partial charge in [0.1, 0.15) is 5.75 Å². The van der Waals surface area contributed by atoms with Gasteiger partial charge in [0.05, 0.1) is 13.7 Å². The van der Waals surface area contributed by atoms with Gasteiger partial charge in [-0.3, -0.25) is 0 Å². The Morgan fingerprint density at radius 2 is 1.76 bits per heavy atom. The SMILES string of the molecule is COc1ccc(N(C/C=C/c2ccccc2)CCO)cc1. The van der Waals surface area contributed by atoms with E-state index in [0.29, 0.717) is 6.54 Å². The molecule has 0 aromatic heterocycles. The number of hydrogen-bond acceptors (Lipinski definition) is 3. The van der Waals surface area contributed by atoms with Gasteiger partial charge in [-0.05, 0) is 29.8 Å². The first-order valence-electron chi connectivity index (χ1n) is 7.05. The summed E-state index contributed by atoms with van der Waals surface area (Å²) < 4.78 is 5.17. The van der Waals surface area contributed by atoms with Gasteiger partial charge in [-0.1, -0.05) is 42.5 Å². The van der Waals surface area contributed by atoms with Crippen molar-refractivity contribution in [1.29, 1.82) is 0 Å². The second-order valence-corrected chi connectivity index (χ2v) is 4.68. The maximum atomic E-state index is 9.22. The molecule has 2 aromatic carbocycles. The Bertz CT molecular complexity index is 549. The molecule has 0 spiro atoms. The fourth-order valence-corrected chi connectivity index (χ4v) is 2.12. The van der Waals surface area contributed by atoms with Crippen LogP contribution in [0.4, 0.5) is 5.69 Å². The highest BCUT2D eigenvalue weighted by atomic mass is 16.5. The van der Waals surface area contributed by atoms with E-state index >= 15 is 0 Å². The van der Waals surface area contributed by atoms with Crippen LogP contribution in [0.5, 0.6) is 5.75 Å². The summed E-state index contributed by atoms with van der Waals surface area (Å²) in [4.78, 5) is 2.12. The Balaban J connectivity index is 2.02. The molecule has 0 fully saturated rings. The lowest BCUT2D eigenvalue weighted by atomic mass is 10.2. The first-order valence-corrected chi connectivity index (χ1v) is 7.05. The zero-order chi connectivity index (χ0) is 14.9. The Morgan fingerprint density at radius 3 is 2.38 bits per heavy atom. The third-order valence-electron chi connectivity index (χ3n) is 3.24. The van der Waals surface area contributed by atoms with Gasteiger partial charge in [0.2, 0.25) is 0 Å². The van der Waals surface area contributed by atoms with Crippen molar-refractivity contribution in [2.75, 3.05) is 31.7 Å². The minimum atomic E-state index is 0.130. The first kappa shape index (κ1) is 15.1. The molecule has 0 amide bonds. The molecule has 0 bridgehead atoms. The summed E-state index contributed by atoms with van der Waals surface area (Å²) in [7, 11) is 1.66. The monoisotopic (exact) mass is 283 g/mol. The van der Waals surface area contributed by atoms with Gasteiger partial charge >= 0.3 is 0 Å². The fraction of sp³-hybridized carbons (Fsp3) is 0.222. The molecule has 0 aliphatic heterocycles. The van der Waals surface area contributed by atoms with Crippen molar-refractivity contribution in [3.63, 3.8) is 0 Å². The minimum absolute atomic E-state index is 0.130. The smallest absolute Gasteiger partial charge is 0.119 e. The summed E-state index contributed by atoms with van der Waals surface area (Å²) in [6, 6.07) is 18.1. The van der Waals surface area contributed by atoms with E-state index in [2.05, 4.69) is 29.2 Å². The lowest BCUT2D eigenvalue weighted by Crippen LogP contribution is -2.26. The van der Waals surface area contributed by atoms with E-state index in [1.54, 1.807) is 7.11 Å². The molecule has 2 rings (SSSR count). The lowest BCUT2D eigenvalue weighted by Gasteiger charge is -2.22. The van der Waals surface area contributed by atoms with Crippen LogP contribution in [0, 0.1) is 0 Å². The number of aliphatic hydroxyl groups is 1. The van der Waals surface area contributed by atoms with Crippen molar-refractivity contribution in [2.24, 2.45) is 0 Å². The molecule has 1 N–H and O–H groups in total. The van der Waals surface area contributed by atoms with Crippen LogP contribution in [0.1, 0.15) is 5.56 Å². The van der Waals surface area contributed by atoms with Crippen molar-refractivity contribution in [3.05, 3.63) is 66.2 Å². The molecule has 0 heterocycles. The molecule has 0 radical (unpaired) electrons. The summed E-state index contributed by atoms with van der Waals surface area (Å²) >= 11 is 0.